The maximum absolute atomic E-state index is 10.8. The van der Waals surface area contributed by atoms with E-state index >= 15 is 0 Å². The molecular weight excluding hydrogens is 196 g/mol. The Labute approximate surface area is 90.1 Å². The molecule has 0 saturated carbocycles. The van der Waals surface area contributed by atoms with E-state index in [9.17, 15) is 4.79 Å². The lowest BCUT2D eigenvalue weighted by Crippen LogP contribution is -2.05. The van der Waals surface area contributed by atoms with Gasteiger partial charge in [0.05, 0.1) is 0 Å². The van der Waals surface area contributed by atoms with Crippen molar-refractivity contribution in [3.05, 3.63) is 34.9 Å². The predicted molar refractivity (Wildman–Crippen MR) is 59.6 cm³/mol. The average Bonchev–Trinajstić information content (AvgIpc) is 2.20. The summed E-state index contributed by atoms with van der Waals surface area (Å²) in [5.41, 5.74) is 1.07. The molecule has 0 aliphatic heterocycles. The highest BCUT2D eigenvalue weighted by Gasteiger charge is 2.09. The van der Waals surface area contributed by atoms with Gasteiger partial charge in [0.25, 0.3) is 0 Å². The van der Waals surface area contributed by atoms with E-state index in [1.807, 2.05) is 24.3 Å². The second-order valence-corrected chi connectivity index (χ2v) is 3.89. The van der Waals surface area contributed by atoms with Gasteiger partial charge in [-0.2, -0.15) is 0 Å². The first kappa shape index (κ1) is 11.3. The molecule has 2 heteroatoms. The number of benzene rings is 1. The Hall–Kier alpha value is -0.820. The molecule has 0 radical (unpaired) electrons. The van der Waals surface area contributed by atoms with Gasteiger partial charge in [0.15, 0.2) is 0 Å². The van der Waals surface area contributed by atoms with Crippen LogP contribution >= 0.6 is 11.6 Å². The summed E-state index contributed by atoms with van der Waals surface area (Å²) in [5.74, 6) is 0.111. The summed E-state index contributed by atoms with van der Waals surface area (Å²) in [6, 6.07) is 7.70. The number of halogens is 1. The van der Waals surface area contributed by atoms with E-state index in [-0.39, 0.29) is 5.92 Å². The molecule has 1 atom stereocenters. The molecule has 1 aromatic carbocycles. The van der Waals surface area contributed by atoms with Crippen molar-refractivity contribution in [3.8, 4) is 0 Å². The van der Waals surface area contributed by atoms with E-state index < -0.39 is 0 Å². The lowest BCUT2D eigenvalue weighted by Gasteiger charge is -2.09. The monoisotopic (exact) mass is 210 g/mol. The Morgan fingerprint density at radius 1 is 1.43 bits per heavy atom. The van der Waals surface area contributed by atoms with Crippen LogP contribution in [0.25, 0.3) is 0 Å². The van der Waals surface area contributed by atoms with Gasteiger partial charge in [-0.05, 0) is 24.5 Å². The van der Waals surface area contributed by atoms with Crippen LogP contribution in [0.1, 0.15) is 25.3 Å². The zero-order valence-corrected chi connectivity index (χ0v) is 9.13. The van der Waals surface area contributed by atoms with E-state index in [0.29, 0.717) is 0 Å². The van der Waals surface area contributed by atoms with Gasteiger partial charge < -0.3 is 4.79 Å². The lowest BCUT2D eigenvalue weighted by molar-refractivity contribution is -0.111. The fraction of sp³-hybridized carbons (Fsp3) is 0.417. The third kappa shape index (κ3) is 3.15. The fourth-order valence-electron chi connectivity index (χ4n) is 1.54. The summed E-state index contributed by atoms with van der Waals surface area (Å²) in [6.07, 6.45) is 3.77. The molecule has 0 spiro atoms. The Morgan fingerprint density at radius 2 is 2.14 bits per heavy atom. The minimum atomic E-state index is 0.111. The molecule has 1 unspecified atom stereocenters. The largest absolute Gasteiger partial charge is 0.303 e. The van der Waals surface area contributed by atoms with E-state index in [2.05, 4.69) is 6.92 Å². The van der Waals surface area contributed by atoms with Crippen LogP contribution in [0, 0.1) is 5.92 Å². The second-order valence-electron chi connectivity index (χ2n) is 3.48. The molecule has 0 heterocycles. The van der Waals surface area contributed by atoms with Crippen molar-refractivity contribution < 1.29 is 4.79 Å². The number of hydrogen-bond acceptors (Lipinski definition) is 1. The van der Waals surface area contributed by atoms with Crippen LogP contribution in [0.4, 0.5) is 0 Å². The zero-order valence-electron chi connectivity index (χ0n) is 8.37. The summed E-state index contributed by atoms with van der Waals surface area (Å²) in [6.45, 7) is 2.09. The van der Waals surface area contributed by atoms with Crippen molar-refractivity contribution >= 4 is 17.9 Å². The molecule has 76 valence electrons. The smallest absolute Gasteiger partial charge is 0.123 e. The fourth-order valence-corrected chi connectivity index (χ4v) is 1.75. The van der Waals surface area contributed by atoms with Crippen LogP contribution in [0.2, 0.25) is 5.02 Å². The Kier molecular flexibility index (Phi) is 4.68. The van der Waals surface area contributed by atoms with Gasteiger partial charge in [-0.25, -0.2) is 0 Å². The summed E-state index contributed by atoms with van der Waals surface area (Å²) in [5, 5.41) is 0.760. The van der Waals surface area contributed by atoms with Crippen molar-refractivity contribution in [1.29, 1.82) is 0 Å². The molecule has 0 N–H and O–H groups in total. The van der Waals surface area contributed by atoms with Gasteiger partial charge in [0.1, 0.15) is 6.29 Å². The third-order valence-corrected chi connectivity index (χ3v) is 2.66. The molecular formula is C12H15ClO. The van der Waals surface area contributed by atoms with Crippen LogP contribution in [-0.2, 0) is 11.2 Å². The van der Waals surface area contributed by atoms with Crippen LogP contribution in [0.3, 0.4) is 0 Å². The number of carbonyl (C=O) groups is 1. The van der Waals surface area contributed by atoms with Gasteiger partial charge in [-0.1, -0.05) is 43.1 Å². The van der Waals surface area contributed by atoms with Crippen molar-refractivity contribution in [2.24, 2.45) is 5.92 Å². The van der Waals surface area contributed by atoms with Gasteiger partial charge in [0.2, 0.25) is 0 Å². The van der Waals surface area contributed by atoms with Crippen molar-refractivity contribution in [3.63, 3.8) is 0 Å². The maximum Gasteiger partial charge on any atom is 0.123 e. The van der Waals surface area contributed by atoms with Gasteiger partial charge in [-0.3, -0.25) is 0 Å². The Balaban J connectivity index is 2.66. The van der Waals surface area contributed by atoms with Gasteiger partial charge in [0, 0.05) is 10.9 Å². The number of hydrogen-bond donors (Lipinski definition) is 0. The Morgan fingerprint density at radius 3 is 2.71 bits per heavy atom. The van der Waals surface area contributed by atoms with Crippen molar-refractivity contribution in [2.75, 3.05) is 0 Å². The standard InChI is InChI=1S/C12H15ClO/c1-2-5-10(9-14)8-11-6-3-4-7-12(11)13/h3-4,6-7,9-10H,2,5,8H2,1H3. The van der Waals surface area contributed by atoms with E-state index in [1.165, 1.54) is 0 Å². The van der Waals surface area contributed by atoms with Crippen LogP contribution in [0.5, 0.6) is 0 Å². The average molecular weight is 211 g/mol. The first-order chi connectivity index (χ1) is 6.77. The van der Waals surface area contributed by atoms with Crippen LogP contribution < -0.4 is 0 Å². The van der Waals surface area contributed by atoms with Crippen LogP contribution in [0.15, 0.2) is 24.3 Å². The molecule has 0 amide bonds. The summed E-state index contributed by atoms with van der Waals surface area (Å²) in [7, 11) is 0. The molecule has 1 rings (SSSR count). The van der Waals surface area contributed by atoms with E-state index in [1.54, 1.807) is 0 Å². The molecule has 1 aromatic rings. The minimum Gasteiger partial charge on any atom is -0.303 e. The molecule has 0 aliphatic carbocycles. The van der Waals surface area contributed by atoms with E-state index in [0.717, 1.165) is 36.1 Å². The normalized spacial score (nSPS) is 12.4. The minimum absolute atomic E-state index is 0.111. The highest BCUT2D eigenvalue weighted by molar-refractivity contribution is 6.31. The topological polar surface area (TPSA) is 17.1 Å². The van der Waals surface area contributed by atoms with E-state index in [4.69, 9.17) is 11.6 Å². The molecule has 0 saturated heterocycles. The third-order valence-electron chi connectivity index (χ3n) is 2.29. The Bertz CT molecular complexity index is 296. The van der Waals surface area contributed by atoms with Gasteiger partial charge >= 0.3 is 0 Å². The maximum atomic E-state index is 10.8. The molecule has 0 fully saturated rings. The summed E-state index contributed by atoms with van der Waals surface area (Å²) >= 11 is 6.01. The molecule has 0 aliphatic rings. The number of aldehydes is 1. The lowest BCUT2D eigenvalue weighted by atomic mass is 9.96. The SMILES string of the molecule is CCCC(C=O)Cc1ccccc1Cl. The number of rotatable bonds is 5. The highest BCUT2D eigenvalue weighted by atomic mass is 35.5. The predicted octanol–water partition coefficient (Wildman–Crippen LogP) is 3.50. The molecule has 1 nitrogen and oxygen atoms in total. The molecule has 14 heavy (non-hydrogen) atoms. The molecule has 0 bridgehead atoms. The quantitative estimate of drug-likeness (QED) is 0.680. The first-order valence-electron chi connectivity index (χ1n) is 4.96. The summed E-state index contributed by atoms with van der Waals surface area (Å²) in [4.78, 5) is 10.8. The second kappa shape index (κ2) is 5.82. The zero-order chi connectivity index (χ0) is 10.4. The van der Waals surface area contributed by atoms with Crippen molar-refractivity contribution in [2.45, 2.75) is 26.2 Å². The highest BCUT2D eigenvalue weighted by Crippen LogP contribution is 2.19. The van der Waals surface area contributed by atoms with Gasteiger partial charge in [-0.15, -0.1) is 0 Å². The molecule has 0 aromatic heterocycles. The van der Waals surface area contributed by atoms with Crippen LogP contribution in [-0.4, -0.2) is 6.29 Å². The first-order valence-corrected chi connectivity index (χ1v) is 5.34. The van der Waals surface area contributed by atoms with Crippen molar-refractivity contribution in [1.82, 2.24) is 0 Å². The number of carbonyl (C=O) groups excluding carboxylic acids is 1. The summed E-state index contributed by atoms with van der Waals surface area (Å²) < 4.78 is 0.